The number of fused-ring (bicyclic) bond motifs is 1. The first-order valence-electron chi connectivity index (χ1n) is 13.7. The number of nitrogens with zero attached hydrogens (tertiary/aromatic N) is 1. The van der Waals surface area contributed by atoms with Crippen LogP contribution >= 0.6 is 0 Å². The number of carbonyl (C=O) groups is 1. The predicted molar refractivity (Wildman–Crippen MR) is 151 cm³/mol. The summed E-state index contributed by atoms with van der Waals surface area (Å²) in [5, 5.41) is -0.533. The van der Waals surface area contributed by atoms with E-state index in [2.05, 4.69) is 9.46 Å². The smallest absolute Gasteiger partial charge is 0.427 e. The molecule has 9 nitrogen and oxygen atoms in total. The van der Waals surface area contributed by atoms with Gasteiger partial charge in [-0.15, -0.1) is 0 Å². The number of nitrogens with one attached hydrogen (secondary N) is 1. The quantitative estimate of drug-likeness (QED) is 0.265. The van der Waals surface area contributed by atoms with Gasteiger partial charge in [0.2, 0.25) is 15.6 Å². The fourth-order valence-electron chi connectivity index (χ4n) is 4.76. The Morgan fingerprint density at radius 3 is 2.20 bits per heavy atom. The highest BCUT2D eigenvalue weighted by Gasteiger charge is 2.51. The van der Waals surface area contributed by atoms with E-state index in [1.807, 2.05) is 0 Å². The van der Waals surface area contributed by atoms with Gasteiger partial charge in [-0.05, 0) is 76.4 Å². The van der Waals surface area contributed by atoms with Crippen molar-refractivity contribution in [3.63, 3.8) is 0 Å². The lowest BCUT2D eigenvalue weighted by Crippen LogP contribution is -2.51. The fourth-order valence-corrected chi connectivity index (χ4v) is 8.09. The summed E-state index contributed by atoms with van der Waals surface area (Å²) in [6, 6.07) is 6.82. The molecule has 0 spiro atoms. The van der Waals surface area contributed by atoms with E-state index in [1.54, 1.807) is 13.8 Å². The first kappa shape index (κ1) is 34.8. The number of benzene rings is 2. The number of esters is 1. The Morgan fingerprint density at radius 2 is 1.62 bits per heavy atom. The van der Waals surface area contributed by atoms with E-state index < -0.39 is 84.3 Å². The number of hydrogen-bond acceptors (Lipinski definition) is 7. The Balaban J connectivity index is 1.69. The maximum atomic E-state index is 13.9. The Bertz CT molecular complexity index is 1670. The maximum Gasteiger partial charge on any atom is 0.427 e. The average molecular weight is 687 g/mol. The van der Waals surface area contributed by atoms with E-state index in [0.29, 0.717) is 38.8 Å². The van der Waals surface area contributed by atoms with Crippen LogP contribution in [0.5, 0.6) is 5.75 Å². The lowest BCUT2D eigenvalue weighted by Gasteiger charge is -2.39. The van der Waals surface area contributed by atoms with Gasteiger partial charge in [0.25, 0.3) is 10.0 Å². The second-order valence-corrected chi connectivity index (χ2v) is 16.0. The van der Waals surface area contributed by atoms with Crippen molar-refractivity contribution in [2.45, 2.75) is 93.1 Å². The van der Waals surface area contributed by atoms with Crippen LogP contribution in [0.3, 0.4) is 0 Å². The standard InChI is InChI=1S/C28H32F6N2O7S2/c1-25(2,35-44(38,39)20-9-10-20)15-19-16-36(45(40,41)21-7-5-6-18(14-21)27(29,30)31)22-12-17(8-11-23(22)42-19)13-24(37)43-26(3,4)28(32,33)34/h5-8,11-12,14,19-20,35H,9-10,13,15-16H2,1-4H3/t19-/m0/s1. The molecule has 4 rings (SSSR count). The van der Waals surface area contributed by atoms with Crippen molar-refractivity contribution in [2.75, 3.05) is 10.8 Å². The normalized spacial score (nSPS) is 18.3. The number of ether oxygens (including phenoxy) is 2. The van der Waals surface area contributed by atoms with Crippen molar-refractivity contribution < 1.29 is 57.4 Å². The molecule has 2 aromatic carbocycles. The second kappa shape index (κ2) is 11.6. The molecule has 1 N–H and O–H groups in total. The molecule has 1 heterocycles. The highest BCUT2D eigenvalue weighted by atomic mass is 32.2. The van der Waals surface area contributed by atoms with E-state index in [1.165, 1.54) is 18.2 Å². The molecule has 0 radical (unpaired) electrons. The van der Waals surface area contributed by atoms with Crippen LogP contribution < -0.4 is 13.8 Å². The summed E-state index contributed by atoms with van der Waals surface area (Å²) >= 11 is 0. The molecule has 0 unspecified atom stereocenters. The third-order valence-corrected chi connectivity index (χ3v) is 11.2. The minimum atomic E-state index is -4.86. The van der Waals surface area contributed by atoms with Gasteiger partial charge in [-0.2, -0.15) is 26.3 Å². The summed E-state index contributed by atoms with van der Waals surface area (Å²) in [6.45, 7) is 4.03. The Labute approximate surface area is 257 Å². The number of rotatable bonds is 10. The van der Waals surface area contributed by atoms with Crippen LogP contribution in [-0.4, -0.2) is 58.0 Å². The molecule has 0 aromatic heterocycles. The van der Waals surface area contributed by atoms with Crippen molar-refractivity contribution in [3.05, 3.63) is 53.6 Å². The molecule has 1 saturated carbocycles. The van der Waals surface area contributed by atoms with Crippen molar-refractivity contribution in [2.24, 2.45) is 0 Å². The summed E-state index contributed by atoms with van der Waals surface area (Å²) in [6.07, 6.45) is -10.4. The molecule has 2 aromatic rings. The second-order valence-electron chi connectivity index (χ2n) is 12.2. The van der Waals surface area contributed by atoms with Gasteiger partial charge in [0, 0.05) is 12.0 Å². The summed E-state index contributed by atoms with van der Waals surface area (Å²) < 4.78 is 147. The third-order valence-electron chi connectivity index (χ3n) is 7.22. The summed E-state index contributed by atoms with van der Waals surface area (Å²) in [5.41, 5.74) is -5.28. The molecule has 1 atom stereocenters. The molecule has 0 amide bonds. The molecule has 1 fully saturated rings. The fraction of sp³-hybridized carbons (Fsp3) is 0.536. The zero-order valence-corrected chi connectivity index (χ0v) is 26.3. The van der Waals surface area contributed by atoms with Gasteiger partial charge in [0.05, 0.1) is 34.4 Å². The Kier molecular flexibility index (Phi) is 9.00. The van der Waals surface area contributed by atoms with E-state index >= 15 is 0 Å². The Hall–Kier alpha value is -3.05. The average Bonchev–Trinajstić information content (AvgIpc) is 3.72. The summed E-state index contributed by atoms with van der Waals surface area (Å²) in [7, 11) is -8.39. The van der Waals surface area contributed by atoms with Crippen LogP contribution in [0.1, 0.15) is 58.1 Å². The molecule has 17 heteroatoms. The number of anilines is 1. The molecular formula is C28H32F6N2O7S2. The zero-order valence-electron chi connectivity index (χ0n) is 24.6. The van der Waals surface area contributed by atoms with Crippen LogP contribution in [0.15, 0.2) is 47.4 Å². The monoisotopic (exact) mass is 686 g/mol. The van der Waals surface area contributed by atoms with Gasteiger partial charge < -0.3 is 9.47 Å². The van der Waals surface area contributed by atoms with Gasteiger partial charge in [-0.3, -0.25) is 9.10 Å². The summed E-state index contributed by atoms with van der Waals surface area (Å²) in [5.74, 6) is -1.32. The first-order chi connectivity index (χ1) is 20.4. The van der Waals surface area contributed by atoms with E-state index in [-0.39, 0.29) is 23.4 Å². The number of alkyl halides is 6. The van der Waals surface area contributed by atoms with Crippen LogP contribution in [-0.2, 0) is 42.2 Å². The van der Waals surface area contributed by atoms with Gasteiger partial charge in [0.15, 0.2) is 0 Å². The molecule has 45 heavy (non-hydrogen) atoms. The van der Waals surface area contributed by atoms with Crippen LogP contribution in [0, 0.1) is 0 Å². The lowest BCUT2D eigenvalue weighted by atomic mass is 9.97. The van der Waals surface area contributed by atoms with Crippen LogP contribution in [0.25, 0.3) is 0 Å². The first-order valence-corrected chi connectivity index (χ1v) is 16.7. The van der Waals surface area contributed by atoms with Crippen molar-refractivity contribution in [3.8, 4) is 5.75 Å². The highest BCUT2D eigenvalue weighted by molar-refractivity contribution is 7.92. The summed E-state index contributed by atoms with van der Waals surface area (Å²) in [4.78, 5) is 11.7. The number of carbonyl (C=O) groups excluding carboxylic acids is 1. The number of hydrogen-bond donors (Lipinski definition) is 1. The van der Waals surface area contributed by atoms with E-state index in [0.717, 1.165) is 16.4 Å². The minimum absolute atomic E-state index is 0.0422. The van der Waals surface area contributed by atoms with Crippen molar-refractivity contribution >= 4 is 31.7 Å². The third kappa shape index (κ3) is 8.03. The van der Waals surface area contributed by atoms with Crippen molar-refractivity contribution in [1.82, 2.24) is 4.72 Å². The largest absolute Gasteiger partial charge is 0.486 e. The highest BCUT2D eigenvalue weighted by Crippen LogP contribution is 2.41. The molecule has 0 saturated heterocycles. The van der Waals surface area contributed by atoms with Gasteiger partial charge in [0.1, 0.15) is 11.9 Å². The maximum absolute atomic E-state index is 13.9. The molecule has 250 valence electrons. The molecule has 2 aliphatic rings. The minimum Gasteiger partial charge on any atom is -0.486 e. The van der Waals surface area contributed by atoms with Crippen LogP contribution in [0.4, 0.5) is 32.0 Å². The molecule has 1 aliphatic carbocycles. The van der Waals surface area contributed by atoms with Crippen molar-refractivity contribution in [1.29, 1.82) is 0 Å². The van der Waals surface area contributed by atoms with Gasteiger partial charge in [-0.25, -0.2) is 21.6 Å². The topological polar surface area (TPSA) is 119 Å². The Morgan fingerprint density at radius 1 is 0.978 bits per heavy atom. The SMILES string of the molecule is CC(C)(C[C@H]1CN(S(=O)(=O)c2cccc(C(F)(F)F)c2)c2cc(CC(=O)OC(C)(C)C(F)(F)F)ccc2O1)NS(=O)(=O)C1CC1. The number of sulfonamides is 2. The molecular weight excluding hydrogens is 654 g/mol. The van der Waals surface area contributed by atoms with Crippen LogP contribution in [0.2, 0.25) is 0 Å². The molecule has 1 aliphatic heterocycles. The number of halogens is 6. The van der Waals surface area contributed by atoms with E-state index in [4.69, 9.17) is 4.74 Å². The van der Waals surface area contributed by atoms with Gasteiger partial charge in [-0.1, -0.05) is 12.1 Å². The molecule has 0 bridgehead atoms. The lowest BCUT2D eigenvalue weighted by molar-refractivity contribution is -0.257. The van der Waals surface area contributed by atoms with E-state index in [9.17, 15) is 48.0 Å². The van der Waals surface area contributed by atoms with Gasteiger partial charge >= 0.3 is 18.3 Å². The zero-order chi connectivity index (χ0) is 33.8. The predicted octanol–water partition coefficient (Wildman–Crippen LogP) is 5.34.